The van der Waals surface area contributed by atoms with E-state index in [1.807, 2.05) is 0 Å². The zero-order valence-electron chi connectivity index (χ0n) is 17.6. The van der Waals surface area contributed by atoms with Gasteiger partial charge in [-0.15, -0.1) is 34.0 Å². The van der Waals surface area contributed by atoms with Crippen LogP contribution in [-0.4, -0.2) is 20.3 Å². The molecule has 0 aromatic carbocycles. The third-order valence-electron chi connectivity index (χ3n) is 4.09. The first-order valence-electron chi connectivity index (χ1n) is 9.24. The molecule has 6 heteroatoms. The second kappa shape index (κ2) is 14.3. The van der Waals surface area contributed by atoms with Crippen LogP contribution in [0.1, 0.15) is 39.3 Å². The molecule has 1 fully saturated rings. The van der Waals surface area contributed by atoms with Gasteiger partial charge in [0.15, 0.2) is 5.06 Å². The largest absolute Gasteiger partial charge is 0.487 e. The van der Waals surface area contributed by atoms with Crippen molar-refractivity contribution >= 4 is 49.9 Å². The van der Waals surface area contributed by atoms with Crippen molar-refractivity contribution < 1.29 is 9.47 Å². The third-order valence-corrected chi connectivity index (χ3v) is 8.14. The van der Waals surface area contributed by atoms with Crippen molar-refractivity contribution in [2.24, 2.45) is 0 Å². The minimum Gasteiger partial charge on any atom is -0.487 e. The standard InChI is InChI=1S/C7H10OS.C6H8S.C5H5BrS.C4H8O/c1-5-4-7(8-3)9-6(5)2;1-5-3-4-7-6(5)2;1-4-2-3-7-5(4)6;1-2-4-5-3-1/h4H,1-3H3;3-4H,1-2H3;2-3H,1H3;1-4H2. The van der Waals surface area contributed by atoms with E-state index in [0.29, 0.717) is 0 Å². The highest BCUT2D eigenvalue weighted by Gasteiger charge is 1.98. The normalized spacial score (nSPS) is 12.1. The Morgan fingerprint density at radius 3 is 1.64 bits per heavy atom. The van der Waals surface area contributed by atoms with Gasteiger partial charge >= 0.3 is 0 Å². The summed E-state index contributed by atoms with van der Waals surface area (Å²) in [7, 11) is 1.70. The molecule has 0 atom stereocenters. The maximum absolute atomic E-state index is 5.03. The van der Waals surface area contributed by atoms with Gasteiger partial charge in [0.05, 0.1) is 10.9 Å². The van der Waals surface area contributed by atoms with Gasteiger partial charge in [-0.2, -0.15) is 0 Å². The molecule has 2 nitrogen and oxygen atoms in total. The minimum atomic E-state index is 1.00. The summed E-state index contributed by atoms with van der Waals surface area (Å²) in [5.74, 6) is 0. The van der Waals surface area contributed by atoms with Crippen molar-refractivity contribution in [3.8, 4) is 5.06 Å². The summed E-state index contributed by atoms with van der Waals surface area (Å²) in [6.07, 6.45) is 2.56. The van der Waals surface area contributed by atoms with Gasteiger partial charge in [-0.3, -0.25) is 0 Å². The SMILES string of the molecule is C1CCOC1.COc1cc(C)c(C)s1.Cc1ccsc1Br.Cc1ccsc1C. The van der Waals surface area contributed by atoms with Crippen LogP contribution < -0.4 is 4.74 Å². The van der Waals surface area contributed by atoms with Gasteiger partial charge in [0.1, 0.15) is 0 Å². The molecule has 1 saturated heterocycles. The van der Waals surface area contributed by atoms with Gasteiger partial charge in [0.2, 0.25) is 0 Å². The Labute approximate surface area is 190 Å². The van der Waals surface area contributed by atoms with Crippen molar-refractivity contribution in [2.75, 3.05) is 20.3 Å². The summed E-state index contributed by atoms with van der Waals surface area (Å²) in [6, 6.07) is 6.29. The number of thiophene rings is 3. The highest BCUT2D eigenvalue weighted by molar-refractivity contribution is 9.11. The molecule has 3 aromatic rings. The molecule has 156 valence electrons. The van der Waals surface area contributed by atoms with E-state index in [9.17, 15) is 0 Å². The lowest BCUT2D eigenvalue weighted by molar-refractivity contribution is 0.198. The predicted molar refractivity (Wildman–Crippen MR) is 131 cm³/mol. The van der Waals surface area contributed by atoms with Crippen LogP contribution in [0.4, 0.5) is 0 Å². The Bertz CT molecular complexity index is 687. The van der Waals surface area contributed by atoms with Crippen LogP contribution in [0.25, 0.3) is 0 Å². The van der Waals surface area contributed by atoms with Crippen LogP contribution in [0.3, 0.4) is 0 Å². The first-order valence-corrected chi connectivity index (χ1v) is 12.6. The number of hydrogen-bond acceptors (Lipinski definition) is 5. The zero-order chi connectivity index (χ0) is 20.9. The fraction of sp³-hybridized carbons (Fsp3) is 0.455. The zero-order valence-corrected chi connectivity index (χ0v) is 21.7. The fourth-order valence-electron chi connectivity index (χ4n) is 1.95. The second-order valence-electron chi connectivity index (χ2n) is 6.37. The summed E-state index contributed by atoms with van der Waals surface area (Å²) in [5, 5.41) is 5.19. The fourth-order valence-corrected chi connectivity index (χ4v) is 4.63. The maximum atomic E-state index is 5.03. The van der Waals surface area contributed by atoms with Gasteiger partial charge in [-0.05, 0) is 109 Å². The van der Waals surface area contributed by atoms with Crippen LogP contribution in [0.5, 0.6) is 5.06 Å². The van der Waals surface area contributed by atoms with E-state index in [0.717, 1.165) is 18.3 Å². The Hall–Kier alpha value is -0.660. The highest BCUT2D eigenvalue weighted by Crippen LogP contribution is 2.26. The second-order valence-corrected chi connectivity index (χ2v) is 10.9. The Morgan fingerprint density at radius 2 is 1.46 bits per heavy atom. The number of rotatable bonds is 1. The molecule has 1 aliphatic heterocycles. The lowest BCUT2D eigenvalue weighted by atomic mass is 10.3. The van der Waals surface area contributed by atoms with Crippen molar-refractivity contribution in [3.05, 3.63) is 59.2 Å². The van der Waals surface area contributed by atoms with Crippen LogP contribution in [-0.2, 0) is 4.74 Å². The molecule has 4 heterocycles. The van der Waals surface area contributed by atoms with E-state index in [1.165, 1.54) is 43.1 Å². The van der Waals surface area contributed by atoms with Crippen LogP contribution in [0, 0.1) is 34.6 Å². The topological polar surface area (TPSA) is 18.5 Å². The summed E-state index contributed by atoms with van der Waals surface area (Å²) in [6.45, 7) is 12.5. The molecular weight excluding hydrogens is 472 g/mol. The maximum Gasteiger partial charge on any atom is 0.173 e. The predicted octanol–water partition coefficient (Wildman–Crippen LogP) is 8.35. The highest BCUT2D eigenvalue weighted by atomic mass is 79.9. The Balaban J connectivity index is 0.000000190. The van der Waals surface area contributed by atoms with Crippen LogP contribution in [0.15, 0.2) is 32.7 Å². The molecule has 0 aliphatic carbocycles. The lowest BCUT2D eigenvalue weighted by Crippen LogP contribution is -1.74. The van der Waals surface area contributed by atoms with Crippen LogP contribution >= 0.6 is 49.9 Å². The van der Waals surface area contributed by atoms with Crippen molar-refractivity contribution in [2.45, 2.75) is 47.5 Å². The summed E-state index contributed by atoms with van der Waals surface area (Å²) >= 11 is 8.60. The number of ether oxygens (including phenoxy) is 2. The van der Waals surface area contributed by atoms with E-state index in [4.69, 9.17) is 9.47 Å². The van der Waals surface area contributed by atoms with Gasteiger partial charge in [-0.1, -0.05) is 0 Å². The number of halogens is 1. The van der Waals surface area contributed by atoms with Crippen molar-refractivity contribution in [1.82, 2.24) is 0 Å². The monoisotopic (exact) mass is 502 g/mol. The number of aryl methyl sites for hydroxylation is 5. The summed E-state index contributed by atoms with van der Waals surface area (Å²) in [5.41, 5.74) is 4.05. The van der Waals surface area contributed by atoms with Gasteiger partial charge in [0.25, 0.3) is 0 Å². The van der Waals surface area contributed by atoms with E-state index in [-0.39, 0.29) is 0 Å². The third kappa shape index (κ3) is 10.2. The Morgan fingerprint density at radius 1 is 0.857 bits per heavy atom. The Kier molecular flexibility index (Phi) is 13.0. The molecule has 3 aromatic heterocycles. The molecule has 1 aliphatic rings. The molecule has 28 heavy (non-hydrogen) atoms. The smallest absolute Gasteiger partial charge is 0.173 e. The molecule has 0 amide bonds. The van der Waals surface area contributed by atoms with Gasteiger partial charge < -0.3 is 9.47 Å². The first-order chi connectivity index (χ1) is 13.3. The van der Waals surface area contributed by atoms with Gasteiger partial charge in [-0.25, -0.2) is 0 Å². The van der Waals surface area contributed by atoms with Crippen molar-refractivity contribution in [1.29, 1.82) is 0 Å². The van der Waals surface area contributed by atoms with Crippen LogP contribution in [0.2, 0.25) is 0 Å². The molecule has 0 bridgehead atoms. The minimum absolute atomic E-state index is 1.00. The van der Waals surface area contributed by atoms with E-state index in [1.54, 1.807) is 41.1 Å². The summed E-state index contributed by atoms with van der Waals surface area (Å²) < 4.78 is 11.2. The molecule has 0 radical (unpaired) electrons. The molecule has 0 saturated carbocycles. The molecule has 4 rings (SSSR count). The van der Waals surface area contributed by atoms with Gasteiger partial charge in [0, 0.05) is 23.0 Å². The number of hydrogen-bond donors (Lipinski definition) is 0. The number of methoxy groups -OCH3 is 1. The molecular formula is C22H31BrO2S3. The first kappa shape index (κ1) is 25.4. The molecule has 0 N–H and O–H groups in total. The molecule has 0 spiro atoms. The average Bonchev–Trinajstić information content (AvgIpc) is 3.46. The van der Waals surface area contributed by atoms with Crippen molar-refractivity contribution in [3.63, 3.8) is 0 Å². The van der Waals surface area contributed by atoms with E-state index < -0.39 is 0 Å². The average molecular weight is 504 g/mol. The van der Waals surface area contributed by atoms with E-state index in [2.05, 4.69) is 79.5 Å². The quantitative estimate of drug-likeness (QED) is 0.332. The lowest BCUT2D eigenvalue weighted by Gasteiger charge is -1.87. The van der Waals surface area contributed by atoms with E-state index >= 15 is 0 Å². The molecule has 0 unspecified atom stereocenters. The summed E-state index contributed by atoms with van der Waals surface area (Å²) in [4.78, 5) is 2.77.